The van der Waals surface area contributed by atoms with Gasteiger partial charge in [0.1, 0.15) is 5.60 Å². The third-order valence-corrected chi connectivity index (χ3v) is 3.68. The van der Waals surface area contributed by atoms with Crippen LogP contribution in [0, 0.1) is 5.92 Å². The van der Waals surface area contributed by atoms with Crippen molar-refractivity contribution in [2.24, 2.45) is 5.92 Å². The van der Waals surface area contributed by atoms with Gasteiger partial charge in [-0.25, -0.2) is 9.78 Å². The van der Waals surface area contributed by atoms with E-state index < -0.39 is 5.60 Å². The maximum absolute atomic E-state index is 11.9. The van der Waals surface area contributed by atoms with Gasteiger partial charge in [-0.1, -0.05) is 19.8 Å². The number of alkyl carbamates (subject to hydrolysis) is 1. The highest BCUT2D eigenvalue weighted by Gasteiger charge is 2.23. The summed E-state index contributed by atoms with van der Waals surface area (Å²) in [5.74, 6) is 0.888. The predicted molar refractivity (Wildman–Crippen MR) is 82.0 cm³/mol. The number of aryl methyl sites for hydroxylation is 1. The molecule has 1 aliphatic carbocycles. The van der Waals surface area contributed by atoms with Crippen molar-refractivity contribution in [2.75, 3.05) is 0 Å². The summed E-state index contributed by atoms with van der Waals surface area (Å²) in [6.07, 6.45) is 8.06. The number of ether oxygens (including phenoxy) is 1. The van der Waals surface area contributed by atoms with Crippen LogP contribution < -0.4 is 5.32 Å². The van der Waals surface area contributed by atoms with Crippen molar-refractivity contribution in [2.45, 2.75) is 71.6 Å². The second-order valence-electron chi connectivity index (χ2n) is 6.85. The molecule has 21 heavy (non-hydrogen) atoms. The number of nitrogens with one attached hydrogen (secondary N) is 1. The fraction of sp³-hybridized carbons (Fsp3) is 0.750. The van der Waals surface area contributed by atoms with Crippen LogP contribution in [0.4, 0.5) is 4.79 Å². The van der Waals surface area contributed by atoms with Crippen molar-refractivity contribution in [3.05, 3.63) is 18.2 Å². The lowest BCUT2D eigenvalue weighted by Gasteiger charge is -2.23. The Labute approximate surface area is 127 Å². The van der Waals surface area contributed by atoms with Crippen molar-refractivity contribution < 1.29 is 9.53 Å². The van der Waals surface area contributed by atoms with Crippen molar-refractivity contribution in [1.29, 1.82) is 0 Å². The lowest BCUT2D eigenvalue weighted by atomic mass is 10.1. The number of nitrogens with zero attached hydrogens (tertiary/aromatic N) is 2. The molecular weight excluding hydrogens is 266 g/mol. The van der Waals surface area contributed by atoms with Gasteiger partial charge in [-0.05, 0) is 39.5 Å². The Morgan fingerprint density at radius 3 is 2.81 bits per heavy atom. The molecule has 1 heterocycles. The molecule has 1 aliphatic rings. The highest BCUT2D eigenvalue weighted by atomic mass is 16.6. The molecule has 0 aromatic carbocycles. The largest absolute Gasteiger partial charge is 0.444 e. The second-order valence-corrected chi connectivity index (χ2v) is 6.85. The minimum Gasteiger partial charge on any atom is -0.444 e. The minimum absolute atomic E-state index is 0.0541. The first kappa shape index (κ1) is 15.9. The number of carbonyl (C=O) groups excluding carboxylic acids is 1. The van der Waals surface area contributed by atoms with E-state index in [1.54, 1.807) is 0 Å². The number of rotatable bonds is 6. The van der Waals surface area contributed by atoms with Gasteiger partial charge in [0.2, 0.25) is 0 Å². The third-order valence-electron chi connectivity index (χ3n) is 3.68. The smallest absolute Gasteiger partial charge is 0.408 e. The molecule has 0 spiro atoms. The summed E-state index contributed by atoms with van der Waals surface area (Å²) in [6, 6.07) is -0.0541. The first-order valence-electron chi connectivity index (χ1n) is 7.88. The summed E-state index contributed by atoms with van der Waals surface area (Å²) in [6.45, 7) is 8.64. The number of amides is 1. The molecule has 5 nitrogen and oxygen atoms in total. The van der Waals surface area contributed by atoms with Gasteiger partial charge in [-0.15, -0.1) is 0 Å². The van der Waals surface area contributed by atoms with Crippen LogP contribution in [0.15, 0.2) is 12.5 Å². The number of hydrogen-bond donors (Lipinski definition) is 1. The zero-order valence-corrected chi connectivity index (χ0v) is 13.6. The monoisotopic (exact) mass is 293 g/mol. The van der Waals surface area contributed by atoms with Gasteiger partial charge < -0.3 is 14.6 Å². The second kappa shape index (κ2) is 6.50. The molecule has 1 fully saturated rings. The fourth-order valence-corrected chi connectivity index (χ4v) is 2.37. The maximum Gasteiger partial charge on any atom is 0.408 e. The Bertz CT molecular complexity index is 472. The van der Waals surface area contributed by atoms with Crippen LogP contribution in [0.25, 0.3) is 0 Å². The molecule has 0 radical (unpaired) electrons. The molecule has 1 aromatic rings. The predicted octanol–water partition coefficient (Wildman–Crippen LogP) is 3.66. The molecule has 1 saturated carbocycles. The Balaban J connectivity index is 1.96. The summed E-state index contributed by atoms with van der Waals surface area (Å²) in [5, 5.41) is 2.95. The van der Waals surface area contributed by atoms with Crippen molar-refractivity contribution in [3.63, 3.8) is 0 Å². The highest BCUT2D eigenvalue weighted by molar-refractivity contribution is 5.68. The molecule has 1 atom stereocenters. The van der Waals surface area contributed by atoms with E-state index in [1.807, 2.05) is 33.3 Å². The van der Waals surface area contributed by atoms with Gasteiger partial charge in [-0.3, -0.25) is 0 Å². The van der Waals surface area contributed by atoms with Crippen LogP contribution >= 0.6 is 0 Å². The summed E-state index contributed by atoms with van der Waals surface area (Å²) >= 11 is 0. The van der Waals surface area contributed by atoms with E-state index in [0.29, 0.717) is 0 Å². The fourth-order valence-electron chi connectivity index (χ4n) is 2.37. The van der Waals surface area contributed by atoms with E-state index in [4.69, 9.17) is 4.74 Å². The minimum atomic E-state index is -0.478. The van der Waals surface area contributed by atoms with E-state index in [-0.39, 0.29) is 12.1 Å². The maximum atomic E-state index is 11.9. The van der Waals surface area contributed by atoms with Crippen LogP contribution in [0.1, 0.15) is 65.1 Å². The quantitative estimate of drug-likeness (QED) is 0.871. The highest BCUT2D eigenvalue weighted by Crippen LogP contribution is 2.33. The van der Waals surface area contributed by atoms with Crippen LogP contribution in [-0.4, -0.2) is 21.2 Å². The van der Waals surface area contributed by atoms with Crippen LogP contribution in [-0.2, 0) is 11.3 Å². The van der Waals surface area contributed by atoms with Gasteiger partial charge in [0.25, 0.3) is 0 Å². The SMILES string of the molecule is CC[C@@H](NC(=O)OC(C)(C)C)c1cncn1CCC1CC1. The molecule has 2 rings (SSSR count). The number of aromatic nitrogens is 2. The molecule has 118 valence electrons. The third kappa shape index (κ3) is 5.06. The topological polar surface area (TPSA) is 56.1 Å². The average Bonchev–Trinajstić information content (AvgIpc) is 3.09. The number of imidazole rings is 1. The molecule has 1 amide bonds. The number of hydrogen-bond acceptors (Lipinski definition) is 3. The Morgan fingerprint density at radius 1 is 1.52 bits per heavy atom. The van der Waals surface area contributed by atoms with Gasteiger partial charge in [0, 0.05) is 6.54 Å². The van der Waals surface area contributed by atoms with E-state index in [1.165, 1.54) is 19.3 Å². The van der Waals surface area contributed by atoms with Crippen molar-refractivity contribution >= 4 is 6.09 Å². The molecule has 1 aromatic heterocycles. The zero-order valence-electron chi connectivity index (χ0n) is 13.6. The van der Waals surface area contributed by atoms with Crippen LogP contribution in [0.3, 0.4) is 0 Å². The van der Waals surface area contributed by atoms with Crippen molar-refractivity contribution in [1.82, 2.24) is 14.9 Å². The molecule has 5 heteroatoms. The lowest BCUT2D eigenvalue weighted by Crippen LogP contribution is -2.35. The molecule has 1 N–H and O–H groups in total. The van der Waals surface area contributed by atoms with E-state index in [9.17, 15) is 4.79 Å². The molecular formula is C16H27N3O2. The first-order valence-corrected chi connectivity index (χ1v) is 7.88. The molecule has 0 bridgehead atoms. The number of carbonyl (C=O) groups is 1. The Morgan fingerprint density at radius 2 is 2.24 bits per heavy atom. The first-order chi connectivity index (χ1) is 9.89. The van der Waals surface area contributed by atoms with E-state index in [2.05, 4.69) is 21.8 Å². The van der Waals surface area contributed by atoms with Gasteiger partial charge >= 0.3 is 6.09 Å². The lowest BCUT2D eigenvalue weighted by molar-refractivity contribution is 0.0500. The molecule has 0 unspecified atom stereocenters. The molecule has 0 saturated heterocycles. The van der Waals surface area contributed by atoms with Gasteiger partial charge in [-0.2, -0.15) is 0 Å². The summed E-state index contributed by atoms with van der Waals surface area (Å²) in [7, 11) is 0. The Kier molecular flexibility index (Phi) is 4.91. The van der Waals surface area contributed by atoms with E-state index in [0.717, 1.165) is 24.6 Å². The molecule has 0 aliphatic heterocycles. The van der Waals surface area contributed by atoms with Gasteiger partial charge in [0.15, 0.2) is 0 Å². The zero-order chi connectivity index (χ0) is 15.5. The Hall–Kier alpha value is -1.52. The summed E-state index contributed by atoms with van der Waals surface area (Å²) in [5.41, 5.74) is 0.582. The average molecular weight is 293 g/mol. The van der Waals surface area contributed by atoms with Crippen LogP contribution in [0.2, 0.25) is 0 Å². The summed E-state index contributed by atoms with van der Waals surface area (Å²) < 4.78 is 7.49. The van der Waals surface area contributed by atoms with Crippen molar-refractivity contribution in [3.8, 4) is 0 Å². The van der Waals surface area contributed by atoms with Crippen LogP contribution in [0.5, 0.6) is 0 Å². The van der Waals surface area contributed by atoms with Gasteiger partial charge in [0.05, 0.1) is 24.3 Å². The van der Waals surface area contributed by atoms with E-state index >= 15 is 0 Å². The normalized spacial score (nSPS) is 16.6. The standard InChI is InChI=1S/C16H27N3O2/c1-5-13(18-15(20)21-16(2,3)4)14-10-17-11-19(14)9-8-12-6-7-12/h10-13H,5-9H2,1-4H3,(H,18,20)/t13-/m1/s1. The summed E-state index contributed by atoms with van der Waals surface area (Å²) in [4.78, 5) is 16.2.